The standard InChI is InChI=1S/C22H22O4/c1-25-17-11-7-15(8-12-17)21(23)19-5-3-4-6-20(19)22(24)16-9-13-18(26-2)14-10-16/h3-14,21-24H,1-2H3/t21-,22-/m0/s1. The highest BCUT2D eigenvalue weighted by atomic mass is 16.5. The molecule has 26 heavy (non-hydrogen) atoms. The zero-order valence-corrected chi connectivity index (χ0v) is 14.8. The van der Waals surface area contributed by atoms with Gasteiger partial charge in [-0.15, -0.1) is 0 Å². The second-order valence-electron chi connectivity index (χ2n) is 5.98. The first-order chi connectivity index (χ1) is 12.6. The van der Waals surface area contributed by atoms with Crippen molar-refractivity contribution in [1.82, 2.24) is 0 Å². The Morgan fingerprint density at radius 3 is 1.23 bits per heavy atom. The Morgan fingerprint density at radius 2 is 0.923 bits per heavy atom. The first-order valence-corrected chi connectivity index (χ1v) is 8.37. The molecule has 0 fully saturated rings. The maximum atomic E-state index is 10.8. The molecule has 3 aromatic rings. The van der Waals surface area contributed by atoms with E-state index in [0.29, 0.717) is 11.1 Å². The highest BCUT2D eigenvalue weighted by Gasteiger charge is 2.20. The number of hydrogen-bond donors (Lipinski definition) is 2. The van der Waals surface area contributed by atoms with Crippen LogP contribution in [0.5, 0.6) is 11.5 Å². The van der Waals surface area contributed by atoms with Crippen LogP contribution >= 0.6 is 0 Å². The average Bonchev–Trinajstić information content (AvgIpc) is 2.73. The van der Waals surface area contributed by atoms with E-state index in [1.54, 1.807) is 38.5 Å². The fourth-order valence-corrected chi connectivity index (χ4v) is 2.94. The molecule has 0 unspecified atom stereocenters. The van der Waals surface area contributed by atoms with E-state index in [1.807, 2.05) is 48.5 Å². The smallest absolute Gasteiger partial charge is 0.118 e. The summed E-state index contributed by atoms with van der Waals surface area (Å²) >= 11 is 0. The molecule has 0 radical (unpaired) electrons. The molecular formula is C22H22O4. The predicted molar refractivity (Wildman–Crippen MR) is 101 cm³/mol. The third-order valence-corrected chi connectivity index (χ3v) is 4.45. The van der Waals surface area contributed by atoms with Crippen LogP contribution in [0.25, 0.3) is 0 Å². The van der Waals surface area contributed by atoms with Gasteiger partial charge in [-0.3, -0.25) is 0 Å². The molecule has 0 bridgehead atoms. The monoisotopic (exact) mass is 350 g/mol. The minimum absolute atomic E-state index is 0.668. The Bertz CT molecular complexity index is 768. The molecule has 2 atom stereocenters. The van der Waals surface area contributed by atoms with E-state index in [1.165, 1.54) is 0 Å². The topological polar surface area (TPSA) is 58.9 Å². The van der Waals surface area contributed by atoms with Crippen LogP contribution in [0.1, 0.15) is 34.5 Å². The quantitative estimate of drug-likeness (QED) is 0.709. The van der Waals surface area contributed by atoms with Crippen LogP contribution in [0.15, 0.2) is 72.8 Å². The molecule has 0 aromatic heterocycles. The van der Waals surface area contributed by atoms with Crippen molar-refractivity contribution in [3.05, 3.63) is 95.1 Å². The van der Waals surface area contributed by atoms with Crippen molar-refractivity contribution < 1.29 is 19.7 Å². The first kappa shape index (κ1) is 18.0. The normalized spacial score (nSPS) is 13.1. The van der Waals surface area contributed by atoms with Gasteiger partial charge in [0.25, 0.3) is 0 Å². The summed E-state index contributed by atoms with van der Waals surface area (Å²) in [5.41, 5.74) is 2.81. The third kappa shape index (κ3) is 3.72. The number of ether oxygens (including phenoxy) is 2. The van der Waals surface area contributed by atoms with Crippen molar-refractivity contribution in [2.75, 3.05) is 14.2 Å². The van der Waals surface area contributed by atoms with E-state index in [0.717, 1.165) is 22.6 Å². The Balaban J connectivity index is 1.93. The Hall–Kier alpha value is -2.82. The van der Waals surface area contributed by atoms with Crippen LogP contribution in [0.4, 0.5) is 0 Å². The molecule has 0 amide bonds. The van der Waals surface area contributed by atoms with Crippen molar-refractivity contribution >= 4 is 0 Å². The van der Waals surface area contributed by atoms with E-state index in [9.17, 15) is 10.2 Å². The minimum atomic E-state index is -0.843. The molecule has 3 aromatic carbocycles. The van der Waals surface area contributed by atoms with Gasteiger partial charge in [0.2, 0.25) is 0 Å². The fourth-order valence-electron chi connectivity index (χ4n) is 2.94. The average molecular weight is 350 g/mol. The summed E-state index contributed by atoms with van der Waals surface area (Å²) in [7, 11) is 3.21. The van der Waals surface area contributed by atoms with Crippen LogP contribution in [-0.4, -0.2) is 24.4 Å². The molecule has 0 saturated carbocycles. The summed E-state index contributed by atoms with van der Waals surface area (Å²) in [5, 5.41) is 21.7. The van der Waals surface area contributed by atoms with E-state index < -0.39 is 12.2 Å². The van der Waals surface area contributed by atoms with Gasteiger partial charge in [0, 0.05) is 0 Å². The maximum absolute atomic E-state index is 10.8. The highest BCUT2D eigenvalue weighted by Crippen LogP contribution is 2.32. The van der Waals surface area contributed by atoms with Crippen molar-refractivity contribution in [1.29, 1.82) is 0 Å². The number of hydrogen-bond acceptors (Lipinski definition) is 4. The number of rotatable bonds is 6. The lowest BCUT2D eigenvalue weighted by atomic mass is 9.91. The lowest BCUT2D eigenvalue weighted by Gasteiger charge is -2.20. The zero-order chi connectivity index (χ0) is 18.5. The summed E-state index contributed by atoms with van der Waals surface area (Å²) in [5.74, 6) is 1.46. The zero-order valence-electron chi connectivity index (χ0n) is 14.8. The summed E-state index contributed by atoms with van der Waals surface area (Å²) in [6, 6.07) is 21.9. The first-order valence-electron chi connectivity index (χ1n) is 8.37. The summed E-state index contributed by atoms with van der Waals surface area (Å²) in [4.78, 5) is 0. The van der Waals surface area contributed by atoms with E-state index in [4.69, 9.17) is 9.47 Å². The molecule has 0 spiro atoms. The largest absolute Gasteiger partial charge is 0.497 e. The van der Waals surface area contributed by atoms with E-state index >= 15 is 0 Å². The van der Waals surface area contributed by atoms with Gasteiger partial charge in [0.1, 0.15) is 23.7 Å². The highest BCUT2D eigenvalue weighted by molar-refractivity contribution is 5.42. The van der Waals surface area contributed by atoms with Crippen LogP contribution in [0, 0.1) is 0 Å². The van der Waals surface area contributed by atoms with Crippen LogP contribution in [0.2, 0.25) is 0 Å². The lowest BCUT2D eigenvalue weighted by molar-refractivity contribution is 0.197. The van der Waals surface area contributed by atoms with Crippen molar-refractivity contribution in [3.8, 4) is 11.5 Å². The van der Waals surface area contributed by atoms with Gasteiger partial charge in [-0.1, -0.05) is 48.5 Å². The van der Waals surface area contributed by atoms with Gasteiger partial charge in [0.15, 0.2) is 0 Å². The summed E-state index contributed by atoms with van der Waals surface area (Å²) < 4.78 is 10.3. The molecule has 0 aliphatic heterocycles. The van der Waals surface area contributed by atoms with Gasteiger partial charge < -0.3 is 19.7 Å². The van der Waals surface area contributed by atoms with Crippen molar-refractivity contribution in [3.63, 3.8) is 0 Å². The molecule has 4 heteroatoms. The molecule has 134 valence electrons. The lowest BCUT2D eigenvalue weighted by Crippen LogP contribution is -2.08. The number of methoxy groups -OCH3 is 2. The van der Waals surface area contributed by atoms with Gasteiger partial charge in [0.05, 0.1) is 14.2 Å². The van der Waals surface area contributed by atoms with Crippen LogP contribution in [-0.2, 0) is 0 Å². The Kier molecular flexibility index (Phi) is 5.56. The second-order valence-corrected chi connectivity index (χ2v) is 5.98. The number of benzene rings is 3. The SMILES string of the molecule is COc1ccc([C@H](O)c2ccccc2[C@@H](O)c2ccc(OC)cc2)cc1. The maximum Gasteiger partial charge on any atom is 0.118 e. The molecule has 0 aliphatic carbocycles. The summed E-state index contributed by atoms with van der Waals surface area (Å²) in [6.07, 6.45) is -1.69. The van der Waals surface area contributed by atoms with Crippen LogP contribution < -0.4 is 9.47 Å². The number of aliphatic hydroxyl groups excluding tert-OH is 2. The van der Waals surface area contributed by atoms with E-state index in [-0.39, 0.29) is 0 Å². The minimum Gasteiger partial charge on any atom is -0.497 e. The molecule has 0 aliphatic rings. The van der Waals surface area contributed by atoms with E-state index in [2.05, 4.69) is 0 Å². The molecule has 3 rings (SSSR count). The number of aliphatic hydroxyl groups is 2. The third-order valence-electron chi connectivity index (χ3n) is 4.45. The van der Waals surface area contributed by atoms with Gasteiger partial charge >= 0.3 is 0 Å². The molecule has 0 saturated heterocycles. The Morgan fingerprint density at radius 1 is 0.577 bits per heavy atom. The molecular weight excluding hydrogens is 328 g/mol. The molecule has 0 heterocycles. The predicted octanol–water partition coefficient (Wildman–Crippen LogP) is 3.87. The van der Waals surface area contributed by atoms with Gasteiger partial charge in [-0.2, -0.15) is 0 Å². The second kappa shape index (κ2) is 8.04. The van der Waals surface area contributed by atoms with Crippen molar-refractivity contribution in [2.45, 2.75) is 12.2 Å². The summed E-state index contributed by atoms with van der Waals surface area (Å²) in [6.45, 7) is 0. The molecule has 2 N–H and O–H groups in total. The van der Waals surface area contributed by atoms with Crippen molar-refractivity contribution in [2.24, 2.45) is 0 Å². The van der Waals surface area contributed by atoms with Crippen LogP contribution in [0.3, 0.4) is 0 Å². The van der Waals surface area contributed by atoms with Gasteiger partial charge in [-0.05, 0) is 46.5 Å². The van der Waals surface area contributed by atoms with Gasteiger partial charge in [-0.25, -0.2) is 0 Å². The fraction of sp³-hybridized carbons (Fsp3) is 0.182. The Labute approximate surface area is 153 Å². The molecule has 4 nitrogen and oxygen atoms in total.